The zero-order valence-electron chi connectivity index (χ0n) is 20.7. The first-order chi connectivity index (χ1) is 18.4. The van der Waals surface area contributed by atoms with Crippen LogP contribution < -0.4 is 24.4 Å². The van der Waals surface area contributed by atoms with Crippen LogP contribution in [0.25, 0.3) is 0 Å². The van der Waals surface area contributed by atoms with Crippen molar-refractivity contribution in [2.75, 3.05) is 27.6 Å². The third-order valence-electron chi connectivity index (χ3n) is 5.63. The lowest BCUT2D eigenvalue weighted by Gasteiger charge is -2.19. The molecule has 14 heteroatoms. The van der Waals surface area contributed by atoms with Gasteiger partial charge in [0.2, 0.25) is 18.3 Å². The van der Waals surface area contributed by atoms with E-state index >= 15 is 0 Å². The van der Waals surface area contributed by atoms with Crippen LogP contribution in [-0.2, 0) is 20.8 Å². The van der Waals surface area contributed by atoms with E-state index in [4.69, 9.17) is 28.5 Å². The van der Waals surface area contributed by atoms with E-state index in [0.29, 0.717) is 22.6 Å². The molecule has 0 radical (unpaired) electrons. The number of ether oxygens (including phenoxy) is 5. The number of hydrazone groups is 1. The van der Waals surface area contributed by atoms with E-state index in [9.17, 15) is 19.7 Å². The van der Waals surface area contributed by atoms with E-state index in [1.165, 1.54) is 38.6 Å². The van der Waals surface area contributed by atoms with Crippen LogP contribution >= 0.6 is 0 Å². The highest BCUT2D eigenvalue weighted by Gasteiger charge is 2.34. The molecular formula is C24H24N4O10. The molecule has 4 rings (SSSR count). The molecule has 0 saturated heterocycles. The number of hydrogen-bond acceptors (Lipinski definition) is 12. The third-order valence-corrected chi connectivity index (χ3v) is 5.63. The Morgan fingerprint density at radius 2 is 2.00 bits per heavy atom. The standard InChI is InChI=1S/C24H24N4O10/c1-4-35-24(30)18-10-15(38-27-18)9-16-17(20-22(37-12-36-20)21(34-3)19(16)33-2)11-25-26-23(29)13-6-5-7-14(8-13)28(31)32/h5-8,11,15H,4,9-10,12H2,1-3H3,(H,26,29)/b25-11-. The van der Waals surface area contributed by atoms with Gasteiger partial charge in [0, 0.05) is 41.7 Å². The van der Waals surface area contributed by atoms with E-state index in [2.05, 4.69) is 15.7 Å². The molecular weight excluding hydrogens is 504 g/mol. The molecule has 2 heterocycles. The Morgan fingerprint density at radius 3 is 2.71 bits per heavy atom. The summed E-state index contributed by atoms with van der Waals surface area (Å²) in [5, 5.41) is 18.9. The van der Waals surface area contributed by atoms with Crippen LogP contribution in [0.2, 0.25) is 0 Å². The van der Waals surface area contributed by atoms with Crippen LogP contribution in [0.15, 0.2) is 34.5 Å². The average Bonchev–Trinajstić information content (AvgIpc) is 3.59. The third kappa shape index (κ3) is 5.28. The largest absolute Gasteiger partial charge is 0.492 e. The maximum atomic E-state index is 12.6. The fourth-order valence-corrected chi connectivity index (χ4v) is 3.97. The summed E-state index contributed by atoms with van der Waals surface area (Å²) in [6.07, 6.45) is 1.18. The second-order valence-electron chi connectivity index (χ2n) is 7.92. The quantitative estimate of drug-likeness (QED) is 0.209. The lowest BCUT2D eigenvalue weighted by atomic mass is 9.96. The molecule has 1 N–H and O–H groups in total. The Morgan fingerprint density at radius 1 is 1.24 bits per heavy atom. The maximum absolute atomic E-state index is 12.6. The number of fused-ring (bicyclic) bond motifs is 1. The normalized spacial score (nSPS) is 15.6. The lowest BCUT2D eigenvalue weighted by Crippen LogP contribution is -2.20. The molecule has 0 bridgehead atoms. The monoisotopic (exact) mass is 528 g/mol. The van der Waals surface area contributed by atoms with E-state index < -0.39 is 22.9 Å². The topological polar surface area (TPSA) is 169 Å². The molecule has 1 unspecified atom stereocenters. The van der Waals surface area contributed by atoms with Gasteiger partial charge in [-0.2, -0.15) is 5.10 Å². The summed E-state index contributed by atoms with van der Waals surface area (Å²) in [5.74, 6) is -0.0251. The Labute approximate surface area is 216 Å². The van der Waals surface area contributed by atoms with Crippen LogP contribution in [0.5, 0.6) is 23.0 Å². The number of esters is 1. The van der Waals surface area contributed by atoms with Crippen molar-refractivity contribution >= 4 is 29.5 Å². The van der Waals surface area contributed by atoms with Gasteiger partial charge in [-0.15, -0.1) is 0 Å². The Bertz CT molecular complexity index is 1320. The van der Waals surface area contributed by atoms with Crippen LogP contribution in [0.4, 0.5) is 5.69 Å². The first-order valence-electron chi connectivity index (χ1n) is 11.4. The number of carbonyl (C=O) groups excluding carboxylic acids is 2. The zero-order valence-corrected chi connectivity index (χ0v) is 20.7. The van der Waals surface area contributed by atoms with E-state index in [1.54, 1.807) is 6.92 Å². The van der Waals surface area contributed by atoms with Gasteiger partial charge < -0.3 is 28.5 Å². The van der Waals surface area contributed by atoms with Gasteiger partial charge >= 0.3 is 5.97 Å². The number of nitrogens with zero attached hydrogens (tertiary/aromatic N) is 3. The fourth-order valence-electron chi connectivity index (χ4n) is 3.97. The first kappa shape index (κ1) is 26.2. The van der Waals surface area contributed by atoms with Crippen molar-refractivity contribution in [2.24, 2.45) is 10.3 Å². The Hall–Kier alpha value is -4.88. The number of amides is 1. The number of hydrogen-bond donors (Lipinski definition) is 1. The van der Waals surface area contributed by atoms with Gasteiger partial charge in [-0.05, 0) is 13.0 Å². The van der Waals surface area contributed by atoms with Crippen LogP contribution in [0, 0.1) is 10.1 Å². The van der Waals surface area contributed by atoms with E-state index in [0.717, 1.165) is 6.07 Å². The number of benzene rings is 2. The SMILES string of the molecule is CCOC(=O)C1=NOC(Cc2c(/C=N\NC(=O)c3cccc([N+](=O)[O-])c3)c3c(c(OC)c2OC)OCO3)C1. The summed E-state index contributed by atoms with van der Waals surface area (Å²) < 4.78 is 27.4. The van der Waals surface area contributed by atoms with Crippen LogP contribution in [-0.4, -0.2) is 62.4 Å². The number of oxime groups is 1. The van der Waals surface area contributed by atoms with E-state index in [-0.39, 0.29) is 54.7 Å². The van der Waals surface area contributed by atoms with Crippen molar-refractivity contribution in [3.63, 3.8) is 0 Å². The molecule has 0 aromatic heterocycles. The average molecular weight is 528 g/mol. The predicted octanol–water partition coefficient (Wildman–Crippen LogP) is 2.36. The first-order valence-corrected chi connectivity index (χ1v) is 11.4. The highest BCUT2D eigenvalue weighted by Crippen LogP contribution is 2.52. The van der Waals surface area contributed by atoms with Gasteiger partial charge in [-0.3, -0.25) is 14.9 Å². The number of non-ortho nitro benzene ring substituents is 1. The highest BCUT2D eigenvalue weighted by atomic mass is 16.7. The predicted molar refractivity (Wildman–Crippen MR) is 131 cm³/mol. The molecule has 0 aliphatic carbocycles. The molecule has 14 nitrogen and oxygen atoms in total. The van der Waals surface area contributed by atoms with Gasteiger partial charge in [0.15, 0.2) is 17.2 Å². The van der Waals surface area contributed by atoms with Gasteiger partial charge in [0.25, 0.3) is 11.6 Å². The molecule has 200 valence electrons. The maximum Gasteiger partial charge on any atom is 0.356 e. The molecule has 1 amide bonds. The minimum absolute atomic E-state index is 0.0525. The zero-order chi connectivity index (χ0) is 27.2. The molecule has 1 atom stereocenters. The van der Waals surface area contributed by atoms with Crippen molar-refractivity contribution in [2.45, 2.75) is 25.9 Å². The van der Waals surface area contributed by atoms with Gasteiger partial charge in [0.1, 0.15) is 6.10 Å². The fraction of sp³-hybridized carbons (Fsp3) is 0.333. The molecule has 2 aliphatic heterocycles. The number of carbonyl (C=O) groups is 2. The number of methoxy groups -OCH3 is 2. The number of nitro groups is 1. The van der Waals surface area contributed by atoms with Crippen molar-refractivity contribution in [1.29, 1.82) is 0 Å². The minimum atomic E-state index is -0.660. The smallest absolute Gasteiger partial charge is 0.356 e. The summed E-state index contributed by atoms with van der Waals surface area (Å²) >= 11 is 0. The van der Waals surface area contributed by atoms with Crippen molar-refractivity contribution in [3.8, 4) is 23.0 Å². The minimum Gasteiger partial charge on any atom is -0.492 e. The number of rotatable bonds is 10. The van der Waals surface area contributed by atoms with Crippen LogP contribution in [0.3, 0.4) is 0 Å². The van der Waals surface area contributed by atoms with Gasteiger partial charge in [-0.1, -0.05) is 11.2 Å². The molecule has 0 spiro atoms. The van der Waals surface area contributed by atoms with Crippen molar-refractivity contribution in [3.05, 3.63) is 51.1 Å². The van der Waals surface area contributed by atoms with E-state index in [1.807, 2.05) is 0 Å². The Balaban J connectivity index is 1.63. The van der Waals surface area contributed by atoms with Gasteiger partial charge in [0.05, 0.1) is 32.0 Å². The molecule has 2 aromatic rings. The summed E-state index contributed by atoms with van der Waals surface area (Å²) in [7, 11) is 2.90. The number of nitrogens with one attached hydrogen (secondary N) is 1. The van der Waals surface area contributed by atoms with Gasteiger partial charge in [-0.25, -0.2) is 10.2 Å². The van der Waals surface area contributed by atoms with Crippen molar-refractivity contribution in [1.82, 2.24) is 5.43 Å². The Kier molecular flexibility index (Phi) is 7.89. The number of nitro benzene ring substituents is 1. The lowest BCUT2D eigenvalue weighted by molar-refractivity contribution is -0.384. The molecule has 2 aliphatic rings. The molecule has 0 saturated carbocycles. The van der Waals surface area contributed by atoms with Crippen molar-refractivity contribution < 1.29 is 43.0 Å². The molecule has 0 fully saturated rings. The second kappa shape index (κ2) is 11.5. The summed E-state index contributed by atoms with van der Waals surface area (Å²) in [5.41, 5.74) is 3.27. The summed E-state index contributed by atoms with van der Waals surface area (Å²) in [4.78, 5) is 40.5. The highest BCUT2D eigenvalue weighted by molar-refractivity contribution is 6.36. The molecule has 2 aromatic carbocycles. The van der Waals surface area contributed by atoms with Crippen LogP contribution in [0.1, 0.15) is 34.8 Å². The summed E-state index contributed by atoms with van der Waals surface area (Å²) in [6.45, 7) is 1.81. The summed E-state index contributed by atoms with van der Waals surface area (Å²) in [6, 6.07) is 5.24. The molecule has 38 heavy (non-hydrogen) atoms. The second-order valence-corrected chi connectivity index (χ2v) is 7.92.